The Balaban J connectivity index is 1.66. The molecule has 1 N–H and O–H groups in total. The molecule has 1 saturated heterocycles. The minimum absolute atomic E-state index is 0.755. The van der Waals surface area contributed by atoms with Gasteiger partial charge in [-0.3, -0.25) is 0 Å². The third-order valence-electron chi connectivity index (χ3n) is 3.75. The van der Waals surface area contributed by atoms with Crippen LogP contribution in [-0.2, 0) is 0 Å². The van der Waals surface area contributed by atoms with Gasteiger partial charge in [-0.2, -0.15) is 0 Å². The monoisotopic (exact) mass is 211 g/mol. The number of hydrogen-bond acceptors (Lipinski definition) is 3. The Morgan fingerprint density at radius 2 is 2.00 bits per heavy atom. The summed E-state index contributed by atoms with van der Waals surface area (Å²) in [5, 5.41) is 3.59. The Bertz CT molecular complexity index is 201. The molecule has 2 fully saturated rings. The molecular weight excluding hydrogens is 186 g/mol. The van der Waals surface area contributed by atoms with Crippen LogP contribution in [0, 0.1) is 5.92 Å². The molecule has 3 heteroatoms. The number of nitrogens with zero attached hydrogens (tertiary/aromatic N) is 2. The first-order valence-electron chi connectivity index (χ1n) is 6.29. The highest BCUT2D eigenvalue weighted by Crippen LogP contribution is 2.20. The van der Waals surface area contributed by atoms with E-state index < -0.39 is 0 Å². The van der Waals surface area contributed by atoms with Crippen LogP contribution in [-0.4, -0.2) is 62.2 Å². The molecule has 0 aromatic rings. The highest BCUT2D eigenvalue weighted by atomic mass is 15.2. The molecule has 1 aliphatic heterocycles. The van der Waals surface area contributed by atoms with Crippen LogP contribution in [0.5, 0.6) is 0 Å². The third-order valence-corrected chi connectivity index (χ3v) is 3.75. The number of hydrogen-bond donors (Lipinski definition) is 1. The SMILES string of the molecule is CC1CN(CCNC2CC2)CC1N(C)C. The molecular formula is C12H25N3. The van der Waals surface area contributed by atoms with Crippen LogP contribution in [0.15, 0.2) is 0 Å². The van der Waals surface area contributed by atoms with E-state index in [1.807, 2.05) is 0 Å². The lowest BCUT2D eigenvalue weighted by atomic mass is 10.1. The van der Waals surface area contributed by atoms with Gasteiger partial charge in [-0.1, -0.05) is 6.92 Å². The fourth-order valence-corrected chi connectivity index (χ4v) is 2.62. The first-order valence-corrected chi connectivity index (χ1v) is 6.29. The van der Waals surface area contributed by atoms with Crippen LogP contribution < -0.4 is 5.32 Å². The van der Waals surface area contributed by atoms with Crippen molar-refractivity contribution >= 4 is 0 Å². The van der Waals surface area contributed by atoms with E-state index in [0.717, 1.165) is 18.0 Å². The van der Waals surface area contributed by atoms with Crippen LogP contribution in [0.2, 0.25) is 0 Å². The Labute approximate surface area is 93.8 Å². The van der Waals surface area contributed by atoms with Crippen LogP contribution in [0.3, 0.4) is 0 Å². The Morgan fingerprint density at radius 1 is 1.27 bits per heavy atom. The third kappa shape index (κ3) is 3.16. The molecule has 2 rings (SSSR count). The number of nitrogens with one attached hydrogen (secondary N) is 1. The summed E-state index contributed by atoms with van der Waals surface area (Å²) in [6.07, 6.45) is 2.80. The van der Waals surface area contributed by atoms with E-state index >= 15 is 0 Å². The smallest absolute Gasteiger partial charge is 0.0254 e. The van der Waals surface area contributed by atoms with Crippen LogP contribution in [0.4, 0.5) is 0 Å². The van der Waals surface area contributed by atoms with E-state index in [0.29, 0.717) is 0 Å². The van der Waals surface area contributed by atoms with Crippen molar-refractivity contribution in [2.45, 2.75) is 31.8 Å². The van der Waals surface area contributed by atoms with Gasteiger partial charge in [-0.15, -0.1) is 0 Å². The lowest BCUT2D eigenvalue weighted by molar-refractivity contribution is 0.252. The molecule has 2 aliphatic rings. The molecule has 0 aromatic heterocycles. The van der Waals surface area contributed by atoms with Crippen LogP contribution in [0.1, 0.15) is 19.8 Å². The number of likely N-dealkylation sites (tertiary alicyclic amines) is 1. The quantitative estimate of drug-likeness (QED) is 0.719. The Hall–Kier alpha value is -0.120. The molecule has 0 aromatic carbocycles. The molecule has 0 bridgehead atoms. The van der Waals surface area contributed by atoms with E-state index in [1.54, 1.807) is 0 Å². The largest absolute Gasteiger partial charge is 0.313 e. The fourth-order valence-electron chi connectivity index (χ4n) is 2.62. The van der Waals surface area contributed by atoms with Gasteiger partial charge in [0.25, 0.3) is 0 Å². The van der Waals surface area contributed by atoms with Gasteiger partial charge < -0.3 is 15.1 Å². The summed E-state index contributed by atoms with van der Waals surface area (Å²) in [4.78, 5) is 4.98. The van der Waals surface area contributed by atoms with Crippen molar-refractivity contribution < 1.29 is 0 Å². The molecule has 0 radical (unpaired) electrons. The van der Waals surface area contributed by atoms with Crippen LogP contribution in [0.25, 0.3) is 0 Å². The first kappa shape index (κ1) is 11.4. The Kier molecular flexibility index (Phi) is 3.65. The maximum Gasteiger partial charge on any atom is 0.0254 e. The van der Waals surface area contributed by atoms with Crippen LogP contribution >= 0.6 is 0 Å². The maximum absolute atomic E-state index is 3.59. The van der Waals surface area contributed by atoms with Crippen molar-refractivity contribution in [2.24, 2.45) is 5.92 Å². The van der Waals surface area contributed by atoms with E-state index in [9.17, 15) is 0 Å². The summed E-state index contributed by atoms with van der Waals surface area (Å²) in [7, 11) is 4.40. The predicted octanol–water partition coefficient (Wildman–Crippen LogP) is 0.620. The minimum Gasteiger partial charge on any atom is -0.313 e. The van der Waals surface area contributed by atoms with E-state index in [2.05, 4.69) is 36.1 Å². The van der Waals surface area contributed by atoms with Gasteiger partial charge in [0.15, 0.2) is 0 Å². The molecule has 1 heterocycles. The number of rotatable bonds is 5. The summed E-state index contributed by atoms with van der Waals surface area (Å²) >= 11 is 0. The molecule has 1 aliphatic carbocycles. The van der Waals surface area contributed by atoms with Gasteiger partial charge in [0.2, 0.25) is 0 Å². The van der Waals surface area contributed by atoms with Gasteiger partial charge in [-0.05, 0) is 32.9 Å². The summed E-state index contributed by atoms with van der Waals surface area (Å²) in [6, 6.07) is 1.61. The van der Waals surface area contributed by atoms with E-state index in [4.69, 9.17) is 0 Å². The second-order valence-electron chi connectivity index (χ2n) is 5.50. The zero-order valence-electron chi connectivity index (χ0n) is 10.4. The average Bonchev–Trinajstić information content (AvgIpc) is 2.90. The van der Waals surface area contributed by atoms with Gasteiger partial charge in [0, 0.05) is 38.3 Å². The highest BCUT2D eigenvalue weighted by Gasteiger charge is 2.30. The molecule has 15 heavy (non-hydrogen) atoms. The average molecular weight is 211 g/mol. The normalized spacial score (nSPS) is 32.8. The molecule has 88 valence electrons. The summed E-state index contributed by atoms with van der Waals surface area (Å²) in [5.41, 5.74) is 0. The van der Waals surface area contributed by atoms with Gasteiger partial charge in [0.05, 0.1) is 0 Å². The molecule has 2 unspecified atom stereocenters. The van der Waals surface area contributed by atoms with Crippen molar-refractivity contribution in [3.8, 4) is 0 Å². The van der Waals surface area contributed by atoms with Gasteiger partial charge >= 0.3 is 0 Å². The van der Waals surface area contributed by atoms with Gasteiger partial charge in [0.1, 0.15) is 0 Å². The number of likely N-dealkylation sites (N-methyl/N-ethyl adjacent to an activating group) is 1. The zero-order valence-corrected chi connectivity index (χ0v) is 10.4. The standard InChI is InChI=1S/C12H25N3/c1-10-8-15(9-12(10)14(2)3)7-6-13-11-4-5-11/h10-13H,4-9H2,1-3H3. The van der Waals surface area contributed by atoms with Crippen molar-refractivity contribution in [1.82, 2.24) is 15.1 Å². The second-order valence-corrected chi connectivity index (χ2v) is 5.50. The maximum atomic E-state index is 3.59. The van der Waals surface area contributed by atoms with Crippen molar-refractivity contribution in [3.63, 3.8) is 0 Å². The summed E-state index contributed by atoms with van der Waals surface area (Å²) in [5.74, 6) is 0.820. The molecule has 2 atom stereocenters. The minimum atomic E-state index is 0.755. The molecule has 0 amide bonds. The van der Waals surface area contributed by atoms with Gasteiger partial charge in [-0.25, -0.2) is 0 Å². The second kappa shape index (κ2) is 4.81. The van der Waals surface area contributed by atoms with E-state index in [1.165, 1.54) is 39.0 Å². The molecule has 1 saturated carbocycles. The Morgan fingerprint density at radius 3 is 2.53 bits per heavy atom. The summed E-state index contributed by atoms with van der Waals surface area (Å²) in [6.45, 7) is 7.30. The van der Waals surface area contributed by atoms with Crippen molar-refractivity contribution in [1.29, 1.82) is 0 Å². The van der Waals surface area contributed by atoms with E-state index in [-0.39, 0.29) is 0 Å². The first-order chi connectivity index (χ1) is 7.16. The lowest BCUT2D eigenvalue weighted by Gasteiger charge is -2.22. The molecule has 0 spiro atoms. The van der Waals surface area contributed by atoms with Crippen molar-refractivity contribution in [2.75, 3.05) is 40.3 Å². The fraction of sp³-hybridized carbons (Fsp3) is 1.00. The topological polar surface area (TPSA) is 18.5 Å². The predicted molar refractivity (Wildman–Crippen MR) is 64.1 cm³/mol. The molecule has 3 nitrogen and oxygen atoms in total. The van der Waals surface area contributed by atoms with Crippen molar-refractivity contribution in [3.05, 3.63) is 0 Å². The lowest BCUT2D eigenvalue weighted by Crippen LogP contribution is -2.36. The summed E-state index contributed by atoms with van der Waals surface area (Å²) < 4.78 is 0. The zero-order chi connectivity index (χ0) is 10.8. The highest BCUT2D eigenvalue weighted by molar-refractivity contribution is 4.87.